The minimum Gasteiger partial charge on any atom is -0.482 e. The van der Waals surface area contributed by atoms with E-state index in [1.165, 1.54) is 18.2 Å². The van der Waals surface area contributed by atoms with Gasteiger partial charge in [-0.05, 0) is 30.0 Å². The fraction of sp³-hybridized carbons (Fsp3) is 0.278. The molecule has 0 atom stereocenters. The van der Waals surface area contributed by atoms with Gasteiger partial charge in [-0.25, -0.2) is 0 Å². The van der Waals surface area contributed by atoms with Gasteiger partial charge in [-0.3, -0.25) is 14.9 Å². The summed E-state index contributed by atoms with van der Waals surface area (Å²) in [7, 11) is 0. The number of non-ortho nitro benzene ring substituents is 1. The number of aryl methyl sites for hydroxylation is 2. The molecular formula is C18H19ClN2O4. The third-order valence-electron chi connectivity index (χ3n) is 3.75. The monoisotopic (exact) mass is 362 g/mol. The Bertz CT molecular complexity index is 770. The Hall–Kier alpha value is -2.60. The Kier molecular flexibility index (Phi) is 6.36. The van der Waals surface area contributed by atoms with Crippen LogP contribution >= 0.6 is 11.6 Å². The molecule has 0 aliphatic heterocycles. The van der Waals surface area contributed by atoms with Crippen molar-refractivity contribution in [1.82, 2.24) is 0 Å². The lowest BCUT2D eigenvalue weighted by molar-refractivity contribution is -0.384. The van der Waals surface area contributed by atoms with Crippen LogP contribution in [0.2, 0.25) is 5.02 Å². The van der Waals surface area contributed by atoms with E-state index in [1.807, 2.05) is 32.0 Å². The average molecular weight is 363 g/mol. The molecule has 0 saturated heterocycles. The van der Waals surface area contributed by atoms with Crippen molar-refractivity contribution in [3.63, 3.8) is 0 Å². The maximum Gasteiger partial charge on any atom is 0.271 e. The molecule has 0 bridgehead atoms. The molecule has 1 amide bonds. The highest BCUT2D eigenvalue weighted by Gasteiger charge is 2.13. The maximum absolute atomic E-state index is 12.2. The van der Waals surface area contributed by atoms with Crippen molar-refractivity contribution in [3.8, 4) is 5.75 Å². The van der Waals surface area contributed by atoms with E-state index in [1.54, 1.807) is 0 Å². The smallest absolute Gasteiger partial charge is 0.271 e. The van der Waals surface area contributed by atoms with Crippen LogP contribution in [-0.2, 0) is 17.6 Å². The number of hydrogen-bond donors (Lipinski definition) is 1. The number of rotatable bonds is 7. The van der Waals surface area contributed by atoms with Gasteiger partial charge in [0.25, 0.3) is 11.6 Å². The highest BCUT2D eigenvalue weighted by Crippen LogP contribution is 2.28. The van der Waals surface area contributed by atoms with E-state index < -0.39 is 4.92 Å². The van der Waals surface area contributed by atoms with Crippen LogP contribution < -0.4 is 10.1 Å². The van der Waals surface area contributed by atoms with Crippen molar-refractivity contribution >= 4 is 28.9 Å². The first-order valence-electron chi connectivity index (χ1n) is 7.93. The SMILES string of the molecule is CCc1cccc(CC)c1NC(=O)COc1ccc([N+](=O)[O-])cc1Cl. The maximum atomic E-state index is 12.2. The van der Waals surface area contributed by atoms with Crippen LogP contribution in [0.1, 0.15) is 25.0 Å². The van der Waals surface area contributed by atoms with Crippen LogP contribution in [0.5, 0.6) is 5.75 Å². The van der Waals surface area contributed by atoms with Gasteiger partial charge in [0.1, 0.15) is 5.75 Å². The summed E-state index contributed by atoms with van der Waals surface area (Å²) in [6.45, 7) is 3.81. The molecule has 132 valence electrons. The number of nitrogens with one attached hydrogen (secondary N) is 1. The van der Waals surface area contributed by atoms with E-state index in [0.717, 1.165) is 29.7 Å². The van der Waals surface area contributed by atoms with E-state index in [-0.39, 0.29) is 29.0 Å². The Morgan fingerprint density at radius 3 is 2.36 bits per heavy atom. The van der Waals surface area contributed by atoms with Gasteiger partial charge < -0.3 is 10.1 Å². The predicted octanol–water partition coefficient (Wildman–Crippen LogP) is 4.39. The zero-order chi connectivity index (χ0) is 18.4. The Labute approximate surface area is 150 Å². The Morgan fingerprint density at radius 1 is 1.20 bits per heavy atom. The van der Waals surface area contributed by atoms with Crippen LogP contribution in [0.15, 0.2) is 36.4 Å². The van der Waals surface area contributed by atoms with Crippen LogP contribution in [0, 0.1) is 10.1 Å². The van der Waals surface area contributed by atoms with Crippen molar-refractivity contribution < 1.29 is 14.5 Å². The molecule has 2 aromatic rings. The summed E-state index contributed by atoms with van der Waals surface area (Å²) in [5.74, 6) is -0.0908. The Balaban J connectivity index is 2.06. The molecule has 7 heteroatoms. The zero-order valence-electron chi connectivity index (χ0n) is 14.0. The van der Waals surface area contributed by atoms with Crippen LogP contribution in [0.3, 0.4) is 0 Å². The minimum absolute atomic E-state index is 0.0882. The third-order valence-corrected chi connectivity index (χ3v) is 4.04. The van der Waals surface area contributed by atoms with Crippen LogP contribution in [-0.4, -0.2) is 17.4 Å². The quantitative estimate of drug-likeness (QED) is 0.585. The summed E-state index contributed by atoms with van der Waals surface area (Å²) < 4.78 is 5.39. The van der Waals surface area contributed by atoms with Gasteiger partial charge in [0, 0.05) is 17.8 Å². The van der Waals surface area contributed by atoms with Gasteiger partial charge in [0.2, 0.25) is 0 Å². The molecular weight excluding hydrogens is 344 g/mol. The molecule has 0 heterocycles. The standard InChI is InChI=1S/C18H19ClN2O4/c1-3-12-6-5-7-13(4-2)18(12)20-17(22)11-25-16-9-8-14(21(23)24)10-15(16)19/h5-10H,3-4,11H2,1-2H3,(H,20,22). The van der Waals surface area contributed by atoms with Crippen LogP contribution in [0.25, 0.3) is 0 Å². The van der Waals surface area contributed by atoms with Crippen molar-refractivity contribution in [1.29, 1.82) is 0 Å². The molecule has 2 rings (SSSR count). The van der Waals surface area contributed by atoms with Crippen LogP contribution in [0.4, 0.5) is 11.4 Å². The number of anilines is 1. The van der Waals surface area contributed by atoms with Gasteiger partial charge in [0.15, 0.2) is 6.61 Å². The summed E-state index contributed by atoms with van der Waals surface area (Å²) in [4.78, 5) is 22.4. The number of carbonyl (C=O) groups excluding carboxylic acids is 1. The van der Waals surface area contributed by atoms with Crippen molar-refractivity contribution in [2.24, 2.45) is 0 Å². The summed E-state index contributed by atoms with van der Waals surface area (Å²) in [5.41, 5.74) is 2.80. The number of nitrogens with zero attached hydrogens (tertiary/aromatic N) is 1. The van der Waals surface area contributed by atoms with E-state index in [4.69, 9.17) is 16.3 Å². The molecule has 0 aromatic heterocycles. The number of nitro benzene ring substituents is 1. The molecule has 0 fully saturated rings. The lowest BCUT2D eigenvalue weighted by Crippen LogP contribution is -2.21. The van der Waals surface area contributed by atoms with Crippen molar-refractivity contribution in [2.75, 3.05) is 11.9 Å². The second-order valence-electron chi connectivity index (χ2n) is 5.37. The highest BCUT2D eigenvalue weighted by molar-refractivity contribution is 6.32. The number of ether oxygens (including phenoxy) is 1. The molecule has 1 N–H and O–H groups in total. The average Bonchev–Trinajstić information content (AvgIpc) is 2.60. The van der Waals surface area contributed by atoms with E-state index in [2.05, 4.69) is 5.32 Å². The third kappa shape index (κ3) is 4.70. The molecule has 2 aromatic carbocycles. The van der Waals surface area contributed by atoms with Gasteiger partial charge >= 0.3 is 0 Å². The fourth-order valence-electron chi connectivity index (χ4n) is 2.44. The molecule has 0 aliphatic rings. The summed E-state index contributed by atoms with van der Waals surface area (Å²) in [6, 6.07) is 9.77. The number of carbonyl (C=O) groups is 1. The highest BCUT2D eigenvalue weighted by atomic mass is 35.5. The predicted molar refractivity (Wildman–Crippen MR) is 97.4 cm³/mol. The largest absolute Gasteiger partial charge is 0.482 e. The fourth-order valence-corrected chi connectivity index (χ4v) is 2.67. The normalized spacial score (nSPS) is 10.4. The van der Waals surface area contributed by atoms with Gasteiger partial charge in [0.05, 0.1) is 9.95 Å². The molecule has 0 spiro atoms. The molecule has 0 unspecified atom stereocenters. The lowest BCUT2D eigenvalue weighted by Gasteiger charge is -2.15. The van der Waals surface area contributed by atoms with E-state index >= 15 is 0 Å². The Morgan fingerprint density at radius 2 is 1.84 bits per heavy atom. The molecule has 6 nitrogen and oxygen atoms in total. The van der Waals surface area contributed by atoms with Crippen molar-refractivity contribution in [2.45, 2.75) is 26.7 Å². The first kappa shape index (κ1) is 18.7. The van der Waals surface area contributed by atoms with E-state index in [0.29, 0.717) is 0 Å². The first-order valence-corrected chi connectivity index (χ1v) is 8.31. The van der Waals surface area contributed by atoms with Gasteiger partial charge in [-0.15, -0.1) is 0 Å². The number of amides is 1. The summed E-state index contributed by atoms with van der Waals surface area (Å²) in [6.07, 6.45) is 1.61. The number of nitro groups is 1. The lowest BCUT2D eigenvalue weighted by atomic mass is 10.0. The summed E-state index contributed by atoms with van der Waals surface area (Å²) >= 11 is 5.95. The van der Waals surface area contributed by atoms with Crippen molar-refractivity contribution in [3.05, 3.63) is 62.7 Å². The number of benzene rings is 2. The first-order chi connectivity index (χ1) is 12.0. The second-order valence-corrected chi connectivity index (χ2v) is 5.77. The molecule has 0 saturated carbocycles. The number of hydrogen-bond acceptors (Lipinski definition) is 4. The minimum atomic E-state index is -0.545. The summed E-state index contributed by atoms with van der Waals surface area (Å²) in [5, 5.41) is 13.7. The number of halogens is 1. The second kappa shape index (κ2) is 8.48. The van der Waals surface area contributed by atoms with Gasteiger partial charge in [-0.1, -0.05) is 43.6 Å². The number of para-hydroxylation sites is 1. The zero-order valence-corrected chi connectivity index (χ0v) is 14.8. The van der Waals surface area contributed by atoms with Gasteiger partial charge in [-0.2, -0.15) is 0 Å². The molecule has 0 aliphatic carbocycles. The topological polar surface area (TPSA) is 81.5 Å². The molecule has 25 heavy (non-hydrogen) atoms. The van der Waals surface area contributed by atoms with E-state index in [9.17, 15) is 14.9 Å². The molecule has 0 radical (unpaired) electrons.